The molecule has 0 amide bonds. The predicted molar refractivity (Wildman–Crippen MR) is 110 cm³/mol. The molecule has 7 nitrogen and oxygen atoms in total. The lowest BCUT2D eigenvalue weighted by Crippen LogP contribution is -2.18. The van der Waals surface area contributed by atoms with Gasteiger partial charge in [0.15, 0.2) is 0 Å². The lowest BCUT2D eigenvalue weighted by atomic mass is 10.2. The maximum atomic E-state index is 5.41. The molecule has 0 radical (unpaired) electrons. The normalized spacial score (nSPS) is 15.6. The van der Waals surface area contributed by atoms with Crippen molar-refractivity contribution in [3.63, 3.8) is 0 Å². The zero-order valence-corrected chi connectivity index (χ0v) is 16.6. The smallest absolute Gasteiger partial charge is 0.316 e. The Kier molecular flexibility index (Phi) is 6.71. The molecule has 0 unspecified atom stereocenters. The van der Waals surface area contributed by atoms with Crippen LogP contribution in [-0.2, 0) is 4.84 Å². The predicted octanol–water partition coefficient (Wildman–Crippen LogP) is 3.95. The molecular formula is C21H27N5O2. The number of rotatable bonds is 6. The molecule has 7 heteroatoms. The molecule has 2 aromatic heterocycles. The number of anilines is 1. The van der Waals surface area contributed by atoms with Crippen molar-refractivity contribution in [2.24, 2.45) is 5.92 Å². The highest BCUT2D eigenvalue weighted by Crippen LogP contribution is 2.28. The van der Waals surface area contributed by atoms with Gasteiger partial charge in [0, 0.05) is 35.9 Å². The van der Waals surface area contributed by atoms with E-state index in [4.69, 9.17) is 9.57 Å². The van der Waals surface area contributed by atoms with Gasteiger partial charge in [-0.15, -0.1) is 0 Å². The minimum Gasteiger partial charge on any atom is -0.463 e. The average Bonchev–Trinajstić information content (AvgIpc) is 3.38. The molecule has 0 spiro atoms. The Morgan fingerprint density at radius 3 is 2.07 bits per heavy atom. The Labute approximate surface area is 166 Å². The van der Waals surface area contributed by atoms with Crippen molar-refractivity contribution in [3.05, 3.63) is 49.1 Å². The standard InChI is InChI=1S/C11H14N2O.C10H13N3O/c1-8(2)10-5-12-11(13-6-10)14-7-9-3-4-9;1-8(2)9-6-11-10(12-7-9)13-4-3-5-14-13/h5-6,9H,1,3-4,7H2,2H3;6-7H,1,3-5H2,2H3. The van der Waals surface area contributed by atoms with Crippen molar-refractivity contribution in [2.75, 3.05) is 24.8 Å². The Hall–Kier alpha value is -2.80. The zero-order chi connectivity index (χ0) is 19.9. The average molecular weight is 381 g/mol. The molecule has 2 aliphatic rings. The molecule has 1 aliphatic carbocycles. The summed E-state index contributed by atoms with van der Waals surface area (Å²) in [4.78, 5) is 22.0. The summed E-state index contributed by atoms with van der Waals surface area (Å²) in [7, 11) is 0. The highest BCUT2D eigenvalue weighted by atomic mass is 16.7. The van der Waals surface area contributed by atoms with Crippen LogP contribution in [0.4, 0.5) is 5.95 Å². The van der Waals surface area contributed by atoms with Crippen LogP contribution in [0.3, 0.4) is 0 Å². The molecule has 0 atom stereocenters. The van der Waals surface area contributed by atoms with Crippen LogP contribution in [0.15, 0.2) is 37.9 Å². The van der Waals surface area contributed by atoms with E-state index in [1.165, 1.54) is 12.8 Å². The van der Waals surface area contributed by atoms with Crippen LogP contribution < -0.4 is 9.80 Å². The molecule has 1 saturated heterocycles. The quantitative estimate of drug-likeness (QED) is 0.750. The molecule has 4 rings (SSSR count). The summed E-state index contributed by atoms with van der Waals surface area (Å²) >= 11 is 0. The van der Waals surface area contributed by atoms with Crippen molar-refractivity contribution in [1.82, 2.24) is 19.9 Å². The van der Waals surface area contributed by atoms with Crippen LogP contribution in [-0.4, -0.2) is 39.7 Å². The van der Waals surface area contributed by atoms with Crippen LogP contribution in [0, 0.1) is 5.92 Å². The first-order valence-corrected chi connectivity index (χ1v) is 9.52. The molecule has 0 aromatic carbocycles. The number of hydroxylamine groups is 1. The molecule has 2 fully saturated rings. The lowest BCUT2D eigenvalue weighted by Gasteiger charge is -2.13. The van der Waals surface area contributed by atoms with E-state index in [-0.39, 0.29) is 0 Å². The van der Waals surface area contributed by atoms with Crippen LogP contribution in [0.1, 0.15) is 44.2 Å². The van der Waals surface area contributed by atoms with E-state index >= 15 is 0 Å². The van der Waals surface area contributed by atoms with Gasteiger partial charge in [0.25, 0.3) is 0 Å². The van der Waals surface area contributed by atoms with E-state index in [1.807, 2.05) is 13.8 Å². The van der Waals surface area contributed by atoms with Crippen molar-refractivity contribution >= 4 is 17.1 Å². The summed E-state index contributed by atoms with van der Waals surface area (Å²) in [6, 6.07) is 0.474. The van der Waals surface area contributed by atoms with Gasteiger partial charge >= 0.3 is 6.01 Å². The van der Waals surface area contributed by atoms with E-state index in [0.717, 1.165) is 54.4 Å². The molecule has 1 aliphatic heterocycles. The Morgan fingerprint density at radius 2 is 1.61 bits per heavy atom. The van der Waals surface area contributed by atoms with Crippen molar-refractivity contribution in [1.29, 1.82) is 0 Å². The highest BCUT2D eigenvalue weighted by molar-refractivity contribution is 5.60. The van der Waals surface area contributed by atoms with Gasteiger partial charge in [-0.1, -0.05) is 13.2 Å². The van der Waals surface area contributed by atoms with E-state index in [1.54, 1.807) is 29.9 Å². The van der Waals surface area contributed by atoms with E-state index in [9.17, 15) is 0 Å². The Balaban J connectivity index is 0.000000161. The number of aromatic nitrogens is 4. The molecule has 28 heavy (non-hydrogen) atoms. The fourth-order valence-electron chi connectivity index (χ4n) is 2.36. The molecular weight excluding hydrogens is 354 g/mol. The molecule has 2 aromatic rings. The van der Waals surface area contributed by atoms with Gasteiger partial charge in [0.2, 0.25) is 5.95 Å². The van der Waals surface area contributed by atoms with Gasteiger partial charge in [0.1, 0.15) is 0 Å². The number of nitrogens with zero attached hydrogens (tertiary/aromatic N) is 5. The van der Waals surface area contributed by atoms with Crippen molar-refractivity contribution in [3.8, 4) is 6.01 Å². The van der Waals surface area contributed by atoms with Gasteiger partial charge in [-0.2, -0.15) is 0 Å². The number of allylic oxidation sites excluding steroid dienone is 2. The summed E-state index contributed by atoms with van der Waals surface area (Å²) in [5.74, 6) is 1.37. The topological polar surface area (TPSA) is 73.3 Å². The maximum Gasteiger partial charge on any atom is 0.316 e. The third-order valence-corrected chi connectivity index (χ3v) is 4.37. The summed E-state index contributed by atoms with van der Waals surface area (Å²) in [6.07, 6.45) is 10.6. The van der Waals surface area contributed by atoms with E-state index in [2.05, 4.69) is 33.1 Å². The summed E-state index contributed by atoms with van der Waals surface area (Å²) < 4.78 is 5.41. The first-order valence-electron chi connectivity index (χ1n) is 9.52. The molecule has 148 valence electrons. The van der Waals surface area contributed by atoms with Gasteiger partial charge in [-0.05, 0) is 50.2 Å². The number of hydrogen-bond donors (Lipinski definition) is 0. The molecule has 3 heterocycles. The van der Waals surface area contributed by atoms with Crippen LogP contribution in [0.5, 0.6) is 6.01 Å². The molecule has 0 N–H and O–H groups in total. The first kappa shape index (κ1) is 19.9. The minimum absolute atomic E-state index is 0.474. The third kappa shape index (κ3) is 5.85. The zero-order valence-electron chi connectivity index (χ0n) is 16.6. The number of hydrogen-bond acceptors (Lipinski definition) is 7. The summed E-state index contributed by atoms with van der Waals surface area (Å²) in [5, 5.41) is 1.72. The Bertz CT molecular complexity index is 795. The van der Waals surface area contributed by atoms with Gasteiger partial charge < -0.3 is 4.74 Å². The third-order valence-electron chi connectivity index (χ3n) is 4.37. The van der Waals surface area contributed by atoms with Gasteiger partial charge in [-0.3, -0.25) is 4.84 Å². The van der Waals surface area contributed by atoms with E-state index < -0.39 is 0 Å². The fraction of sp³-hybridized carbons (Fsp3) is 0.429. The SMILES string of the molecule is C=C(C)c1cnc(N2CCCO2)nc1.C=C(C)c1cnc(OCC2CC2)nc1. The van der Waals surface area contributed by atoms with Crippen molar-refractivity contribution in [2.45, 2.75) is 33.1 Å². The van der Waals surface area contributed by atoms with E-state index in [0.29, 0.717) is 12.0 Å². The number of ether oxygens (including phenoxy) is 1. The van der Waals surface area contributed by atoms with Crippen LogP contribution in [0.25, 0.3) is 11.1 Å². The lowest BCUT2D eigenvalue weighted by molar-refractivity contribution is 0.164. The largest absolute Gasteiger partial charge is 0.463 e. The van der Waals surface area contributed by atoms with Crippen molar-refractivity contribution < 1.29 is 9.57 Å². The summed E-state index contributed by atoms with van der Waals surface area (Å²) in [6.45, 7) is 13.9. The summed E-state index contributed by atoms with van der Waals surface area (Å²) in [5.41, 5.74) is 3.87. The second-order valence-corrected chi connectivity index (χ2v) is 7.13. The van der Waals surface area contributed by atoms with Crippen LogP contribution >= 0.6 is 0 Å². The van der Waals surface area contributed by atoms with Gasteiger partial charge in [0.05, 0.1) is 19.8 Å². The Morgan fingerprint density at radius 1 is 1.04 bits per heavy atom. The first-order chi connectivity index (χ1) is 13.5. The fourth-order valence-corrected chi connectivity index (χ4v) is 2.36. The molecule has 0 bridgehead atoms. The van der Waals surface area contributed by atoms with Gasteiger partial charge in [-0.25, -0.2) is 25.0 Å². The van der Waals surface area contributed by atoms with Crippen LogP contribution in [0.2, 0.25) is 0 Å². The second kappa shape index (κ2) is 9.41. The minimum atomic E-state index is 0.474. The highest BCUT2D eigenvalue weighted by Gasteiger charge is 2.22. The second-order valence-electron chi connectivity index (χ2n) is 7.13. The molecule has 1 saturated carbocycles. The monoisotopic (exact) mass is 381 g/mol. The maximum absolute atomic E-state index is 5.41.